The predicted molar refractivity (Wildman–Crippen MR) is 109 cm³/mol. The summed E-state index contributed by atoms with van der Waals surface area (Å²) >= 11 is 0. The molecule has 0 aliphatic carbocycles. The number of amides is 1. The van der Waals surface area contributed by atoms with Gasteiger partial charge in [-0.1, -0.05) is 12.1 Å². The van der Waals surface area contributed by atoms with E-state index in [0.717, 1.165) is 25.8 Å². The number of ether oxygens (including phenoxy) is 1. The molecule has 1 amide bonds. The average molecular weight is 395 g/mol. The second-order valence-corrected chi connectivity index (χ2v) is 9.47. The van der Waals surface area contributed by atoms with Crippen molar-refractivity contribution in [3.63, 3.8) is 0 Å². The minimum Gasteiger partial charge on any atom is -0.444 e. The Kier molecular flexibility index (Phi) is 7.46. The molecule has 1 aliphatic rings. The third-order valence-electron chi connectivity index (χ3n) is 4.98. The number of piperidine rings is 1. The highest BCUT2D eigenvalue weighted by molar-refractivity contribution is 5.68. The lowest BCUT2D eigenvalue weighted by atomic mass is 9.85. The third-order valence-corrected chi connectivity index (χ3v) is 4.98. The van der Waals surface area contributed by atoms with Crippen molar-refractivity contribution in [1.82, 2.24) is 10.2 Å². The normalized spacial score (nSPS) is 19.4. The summed E-state index contributed by atoms with van der Waals surface area (Å²) in [6.45, 7) is 11.6. The Morgan fingerprint density at radius 2 is 2.07 bits per heavy atom. The van der Waals surface area contributed by atoms with E-state index in [2.05, 4.69) is 19.2 Å². The average Bonchev–Trinajstić information content (AvgIpc) is 2.58. The van der Waals surface area contributed by atoms with Gasteiger partial charge in [0.25, 0.3) is 0 Å². The third kappa shape index (κ3) is 7.40. The Labute approximate surface area is 168 Å². The molecule has 5 nitrogen and oxygen atoms in total. The molecule has 1 fully saturated rings. The molecule has 0 radical (unpaired) electrons. The maximum absolute atomic E-state index is 13.3. The van der Waals surface area contributed by atoms with Gasteiger partial charge in [0.15, 0.2) is 0 Å². The van der Waals surface area contributed by atoms with E-state index in [1.165, 1.54) is 12.1 Å². The highest BCUT2D eigenvalue weighted by atomic mass is 19.1. The Bertz CT molecular complexity index is 657. The van der Waals surface area contributed by atoms with Crippen LogP contribution >= 0.6 is 0 Å². The molecule has 0 bridgehead atoms. The number of hydrogen-bond donors (Lipinski definition) is 2. The Balaban J connectivity index is 1.86. The summed E-state index contributed by atoms with van der Waals surface area (Å²) in [4.78, 5) is 14.2. The number of hydrogen-bond acceptors (Lipinski definition) is 4. The Morgan fingerprint density at radius 3 is 2.71 bits per heavy atom. The van der Waals surface area contributed by atoms with Crippen LogP contribution in [0, 0.1) is 11.7 Å². The molecular formula is C22H35FN2O3. The molecule has 6 heteroatoms. The fraction of sp³-hybridized carbons (Fsp3) is 0.682. The second kappa shape index (κ2) is 9.23. The van der Waals surface area contributed by atoms with Gasteiger partial charge in [0.1, 0.15) is 11.4 Å². The summed E-state index contributed by atoms with van der Waals surface area (Å²) in [5.74, 6) is 0.0235. The lowest BCUT2D eigenvalue weighted by Crippen LogP contribution is -2.47. The largest absolute Gasteiger partial charge is 0.444 e. The minimum atomic E-state index is -0.764. The number of halogens is 1. The molecule has 1 aliphatic heterocycles. The molecule has 1 aromatic rings. The fourth-order valence-electron chi connectivity index (χ4n) is 3.72. The topological polar surface area (TPSA) is 61.8 Å². The molecular weight excluding hydrogens is 359 g/mol. The van der Waals surface area contributed by atoms with Crippen molar-refractivity contribution in [1.29, 1.82) is 0 Å². The molecule has 2 N–H and O–H groups in total. The highest BCUT2D eigenvalue weighted by Crippen LogP contribution is 2.27. The van der Waals surface area contributed by atoms with E-state index < -0.39 is 11.7 Å². The van der Waals surface area contributed by atoms with Crippen molar-refractivity contribution in [2.75, 3.05) is 19.6 Å². The van der Waals surface area contributed by atoms with Crippen LogP contribution in [0.25, 0.3) is 0 Å². The number of aliphatic hydroxyl groups excluding tert-OH is 1. The molecule has 1 aromatic carbocycles. The van der Waals surface area contributed by atoms with Crippen LogP contribution in [0.2, 0.25) is 0 Å². The SMILES string of the molecule is CC(C)(C[C@@H]1CCCN(C(=O)OC(C)(C)C)C1)NC[C@H](O)c1cccc(F)c1. The van der Waals surface area contributed by atoms with Gasteiger partial charge in [0.2, 0.25) is 0 Å². The van der Waals surface area contributed by atoms with E-state index in [1.54, 1.807) is 17.0 Å². The van der Waals surface area contributed by atoms with Crippen LogP contribution in [0.15, 0.2) is 24.3 Å². The Morgan fingerprint density at radius 1 is 1.36 bits per heavy atom. The fourth-order valence-corrected chi connectivity index (χ4v) is 3.72. The van der Waals surface area contributed by atoms with Crippen molar-refractivity contribution in [2.24, 2.45) is 5.92 Å². The quantitative estimate of drug-likeness (QED) is 0.757. The predicted octanol–water partition coefficient (Wildman–Crippen LogP) is 4.26. The summed E-state index contributed by atoms with van der Waals surface area (Å²) in [5.41, 5.74) is -0.134. The zero-order chi connectivity index (χ0) is 20.9. The first-order valence-corrected chi connectivity index (χ1v) is 10.1. The zero-order valence-electron chi connectivity index (χ0n) is 17.8. The van der Waals surface area contributed by atoms with Crippen molar-refractivity contribution in [3.05, 3.63) is 35.6 Å². The van der Waals surface area contributed by atoms with Crippen molar-refractivity contribution in [3.8, 4) is 0 Å². The maximum Gasteiger partial charge on any atom is 0.410 e. The summed E-state index contributed by atoms with van der Waals surface area (Å²) in [6, 6.07) is 6.06. The van der Waals surface area contributed by atoms with Gasteiger partial charge in [-0.3, -0.25) is 0 Å². The van der Waals surface area contributed by atoms with Crippen LogP contribution in [-0.2, 0) is 4.74 Å². The monoisotopic (exact) mass is 394 g/mol. The van der Waals surface area contributed by atoms with E-state index in [0.29, 0.717) is 24.6 Å². The number of nitrogens with zero attached hydrogens (tertiary/aromatic N) is 1. The number of carbonyl (C=O) groups excluding carboxylic acids is 1. The zero-order valence-corrected chi connectivity index (χ0v) is 17.8. The second-order valence-electron chi connectivity index (χ2n) is 9.47. The summed E-state index contributed by atoms with van der Waals surface area (Å²) < 4.78 is 18.8. The van der Waals surface area contributed by atoms with Gasteiger partial charge >= 0.3 is 6.09 Å². The maximum atomic E-state index is 13.3. The highest BCUT2D eigenvalue weighted by Gasteiger charge is 2.31. The molecule has 0 unspecified atom stereocenters. The molecule has 0 aromatic heterocycles. The van der Waals surface area contributed by atoms with Crippen LogP contribution < -0.4 is 5.32 Å². The number of likely N-dealkylation sites (tertiary alicyclic amines) is 1. The number of aliphatic hydroxyl groups is 1. The minimum absolute atomic E-state index is 0.212. The number of rotatable bonds is 6. The molecule has 0 spiro atoms. The van der Waals surface area contributed by atoms with Gasteiger partial charge in [-0.05, 0) is 77.5 Å². The molecule has 1 heterocycles. The molecule has 158 valence electrons. The van der Waals surface area contributed by atoms with Gasteiger partial charge in [-0.2, -0.15) is 0 Å². The molecule has 28 heavy (non-hydrogen) atoms. The standard InChI is InChI=1S/C22H35FN2O3/c1-21(2,3)28-20(27)25-11-7-8-16(15-25)13-22(4,5)24-14-19(26)17-9-6-10-18(23)12-17/h6,9-10,12,16,19,24,26H,7-8,11,13-15H2,1-5H3/t16-,19-/m0/s1. The van der Waals surface area contributed by atoms with E-state index >= 15 is 0 Å². The Hall–Kier alpha value is -1.66. The van der Waals surface area contributed by atoms with Gasteiger partial charge in [0, 0.05) is 25.2 Å². The molecule has 2 atom stereocenters. The van der Waals surface area contributed by atoms with E-state index in [1.807, 2.05) is 20.8 Å². The van der Waals surface area contributed by atoms with E-state index in [-0.39, 0.29) is 17.4 Å². The van der Waals surface area contributed by atoms with Crippen molar-refractivity contribution < 1.29 is 19.0 Å². The number of β-amino-alcohol motifs (C(OH)–C–C–N with tert-alkyl or cyclic N) is 1. The van der Waals surface area contributed by atoms with Crippen LogP contribution in [0.5, 0.6) is 0 Å². The van der Waals surface area contributed by atoms with Gasteiger partial charge in [-0.25, -0.2) is 9.18 Å². The van der Waals surface area contributed by atoms with Crippen molar-refractivity contribution >= 4 is 6.09 Å². The van der Waals surface area contributed by atoms with Crippen LogP contribution in [0.3, 0.4) is 0 Å². The van der Waals surface area contributed by atoms with Gasteiger partial charge < -0.3 is 20.1 Å². The lowest BCUT2D eigenvalue weighted by molar-refractivity contribution is 0.0146. The molecule has 1 saturated heterocycles. The van der Waals surface area contributed by atoms with E-state index in [4.69, 9.17) is 4.74 Å². The van der Waals surface area contributed by atoms with Crippen LogP contribution in [0.1, 0.15) is 65.5 Å². The number of benzene rings is 1. The summed E-state index contributed by atoms with van der Waals surface area (Å²) in [5, 5.41) is 13.7. The van der Waals surface area contributed by atoms with Crippen molar-refractivity contribution in [2.45, 2.75) is 71.1 Å². The number of carbonyl (C=O) groups is 1. The van der Waals surface area contributed by atoms with Gasteiger partial charge in [-0.15, -0.1) is 0 Å². The molecule has 0 saturated carbocycles. The van der Waals surface area contributed by atoms with Gasteiger partial charge in [0.05, 0.1) is 6.10 Å². The van der Waals surface area contributed by atoms with Crippen LogP contribution in [-0.4, -0.2) is 46.9 Å². The van der Waals surface area contributed by atoms with Crippen LogP contribution in [0.4, 0.5) is 9.18 Å². The lowest BCUT2D eigenvalue weighted by Gasteiger charge is -2.38. The first-order chi connectivity index (χ1) is 13.0. The van der Waals surface area contributed by atoms with E-state index in [9.17, 15) is 14.3 Å². The first-order valence-electron chi connectivity index (χ1n) is 10.1. The summed E-state index contributed by atoms with van der Waals surface area (Å²) in [7, 11) is 0. The smallest absolute Gasteiger partial charge is 0.410 e. The first kappa shape index (κ1) is 22.6. The summed E-state index contributed by atoms with van der Waals surface area (Å²) in [6.07, 6.45) is 1.90. The molecule has 2 rings (SSSR count). The number of nitrogens with one attached hydrogen (secondary N) is 1.